The van der Waals surface area contributed by atoms with Gasteiger partial charge in [0.25, 0.3) is 0 Å². The highest BCUT2D eigenvalue weighted by molar-refractivity contribution is 5.86. The van der Waals surface area contributed by atoms with Crippen LogP contribution in [0.25, 0.3) is 0 Å². The van der Waals surface area contributed by atoms with E-state index in [-0.39, 0.29) is 17.5 Å². The summed E-state index contributed by atoms with van der Waals surface area (Å²) in [5.74, 6) is -0.0724. The number of nitrogens with zero attached hydrogens (tertiary/aromatic N) is 2. The number of amides is 1. The van der Waals surface area contributed by atoms with Crippen LogP contribution in [-0.2, 0) is 17.4 Å². The maximum Gasteiger partial charge on any atom is 0.416 e. The largest absolute Gasteiger partial charge is 0.416 e. The third-order valence-corrected chi connectivity index (χ3v) is 6.23. The molecule has 0 fully saturated rings. The average molecular weight is 460 g/mol. The van der Waals surface area contributed by atoms with Gasteiger partial charge in [0.15, 0.2) is 0 Å². The molecule has 0 spiro atoms. The Bertz CT molecular complexity index is 1040. The summed E-state index contributed by atoms with van der Waals surface area (Å²) in [6.45, 7) is 12.0. The summed E-state index contributed by atoms with van der Waals surface area (Å²) in [4.78, 5) is 14.7. The molecule has 1 N–H and O–H groups in total. The van der Waals surface area contributed by atoms with E-state index in [9.17, 15) is 18.0 Å². The van der Waals surface area contributed by atoms with Crippen LogP contribution in [0.4, 0.5) is 18.9 Å². The molecule has 1 amide bonds. The fraction of sp³-hybridized carbons (Fsp3) is 0.462. The zero-order valence-corrected chi connectivity index (χ0v) is 19.9. The Morgan fingerprint density at radius 1 is 1.27 bits per heavy atom. The number of alkyl halides is 3. The second-order valence-corrected chi connectivity index (χ2v) is 9.50. The quantitative estimate of drug-likeness (QED) is 0.412. The number of nitrogens with one attached hydrogen (secondary N) is 1. The van der Waals surface area contributed by atoms with Gasteiger partial charge in [-0.25, -0.2) is 5.43 Å². The van der Waals surface area contributed by atoms with Gasteiger partial charge < -0.3 is 4.90 Å². The molecule has 178 valence electrons. The van der Waals surface area contributed by atoms with E-state index in [4.69, 9.17) is 0 Å². The first-order chi connectivity index (χ1) is 15.4. The fourth-order valence-electron chi connectivity index (χ4n) is 4.69. The Kier molecular flexibility index (Phi) is 7.20. The number of aryl methyl sites for hydroxylation is 1. The van der Waals surface area contributed by atoms with E-state index >= 15 is 0 Å². The molecule has 3 rings (SSSR count). The molecule has 0 saturated heterocycles. The minimum Gasteiger partial charge on any atom is -0.366 e. The van der Waals surface area contributed by atoms with Gasteiger partial charge in [0, 0.05) is 17.8 Å². The van der Waals surface area contributed by atoms with E-state index in [0.717, 1.165) is 42.6 Å². The van der Waals surface area contributed by atoms with E-state index in [2.05, 4.69) is 55.3 Å². The molecule has 2 aromatic carbocycles. The number of carbonyl (C=O) groups is 1. The minimum atomic E-state index is -4.44. The molecule has 0 saturated carbocycles. The zero-order valence-electron chi connectivity index (χ0n) is 19.9. The molecule has 0 bridgehead atoms. The molecule has 1 atom stereocenters. The Balaban J connectivity index is 1.73. The van der Waals surface area contributed by atoms with E-state index < -0.39 is 17.6 Å². The first-order valence-electron chi connectivity index (χ1n) is 11.3. The highest BCUT2D eigenvalue weighted by Crippen LogP contribution is 2.44. The first kappa shape index (κ1) is 24.8. The molecule has 0 aliphatic carbocycles. The second kappa shape index (κ2) is 9.57. The number of fused-ring (bicyclic) bond motifs is 1. The Hall–Kier alpha value is -2.83. The Morgan fingerprint density at radius 2 is 2.00 bits per heavy atom. The summed E-state index contributed by atoms with van der Waals surface area (Å²) < 4.78 is 38.6. The van der Waals surface area contributed by atoms with Crippen LogP contribution in [0, 0.1) is 6.92 Å². The Labute approximate surface area is 193 Å². The standard InChI is InChI=1S/C26H32F3N3O/c1-6-10-32-23-11-17(2)20(14-22(23)18(3)15-25(32,4)5)16-30-31-24(33)13-19-8-7-9-21(12-19)26(27,28)29/h7-9,11-12,14,16,18H,6,10,13,15H2,1-5H3,(H,31,33)/b30-16+. The van der Waals surface area contributed by atoms with Gasteiger partial charge in [0.05, 0.1) is 18.2 Å². The van der Waals surface area contributed by atoms with Crippen molar-refractivity contribution in [3.05, 3.63) is 64.2 Å². The summed E-state index contributed by atoms with van der Waals surface area (Å²) >= 11 is 0. The number of rotatable bonds is 6. The lowest BCUT2D eigenvalue weighted by molar-refractivity contribution is -0.137. The third-order valence-electron chi connectivity index (χ3n) is 6.23. The third kappa shape index (κ3) is 5.75. The smallest absolute Gasteiger partial charge is 0.366 e. The van der Waals surface area contributed by atoms with Gasteiger partial charge in [0.1, 0.15) is 0 Å². The van der Waals surface area contributed by atoms with Crippen LogP contribution in [-0.4, -0.2) is 24.2 Å². The van der Waals surface area contributed by atoms with Crippen LogP contribution in [0.2, 0.25) is 0 Å². The molecule has 2 aromatic rings. The molecule has 7 heteroatoms. The molecular weight excluding hydrogens is 427 g/mol. The SMILES string of the molecule is CCCN1c2cc(C)c(/C=N/NC(=O)Cc3cccc(C(F)(F)F)c3)cc2C(C)CC1(C)C. The van der Waals surface area contributed by atoms with Crippen molar-refractivity contribution in [1.29, 1.82) is 0 Å². The average Bonchev–Trinajstić information content (AvgIpc) is 2.71. The van der Waals surface area contributed by atoms with E-state index in [1.807, 2.05) is 6.92 Å². The minimum absolute atomic E-state index is 0.0852. The van der Waals surface area contributed by atoms with Crippen molar-refractivity contribution in [2.24, 2.45) is 5.10 Å². The maximum atomic E-state index is 12.9. The predicted molar refractivity (Wildman–Crippen MR) is 127 cm³/mol. The van der Waals surface area contributed by atoms with Gasteiger partial charge in [-0.05, 0) is 80.0 Å². The van der Waals surface area contributed by atoms with Crippen molar-refractivity contribution >= 4 is 17.8 Å². The lowest BCUT2D eigenvalue weighted by atomic mass is 9.79. The molecule has 1 aliphatic heterocycles. The van der Waals surface area contributed by atoms with Gasteiger partial charge in [-0.2, -0.15) is 18.3 Å². The highest BCUT2D eigenvalue weighted by Gasteiger charge is 2.36. The van der Waals surface area contributed by atoms with E-state index in [0.29, 0.717) is 5.92 Å². The number of hydrogen-bond donors (Lipinski definition) is 1. The van der Waals surface area contributed by atoms with Gasteiger partial charge in [-0.3, -0.25) is 4.79 Å². The summed E-state index contributed by atoms with van der Waals surface area (Å²) in [6.07, 6.45) is -0.892. The maximum absolute atomic E-state index is 12.9. The number of hydrazone groups is 1. The second-order valence-electron chi connectivity index (χ2n) is 9.50. The fourth-order valence-corrected chi connectivity index (χ4v) is 4.69. The van der Waals surface area contributed by atoms with Crippen molar-refractivity contribution in [2.45, 2.75) is 71.5 Å². The molecular formula is C26H32F3N3O. The van der Waals surface area contributed by atoms with E-state index in [1.54, 1.807) is 6.21 Å². The molecule has 1 aliphatic rings. The summed E-state index contributed by atoms with van der Waals surface area (Å²) in [5.41, 5.74) is 6.53. The van der Waals surface area contributed by atoms with Crippen molar-refractivity contribution < 1.29 is 18.0 Å². The van der Waals surface area contributed by atoms with Crippen LogP contribution in [0.3, 0.4) is 0 Å². The first-order valence-corrected chi connectivity index (χ1v) is 11.3. The van der Waals surface area contributed by atoms with Crippen LogP contribution in [0.1, 0.15) is 74.3 Å². The van der Waals surface area contributed by atoms with Crippen molar-refractivity contribution in [3.63, 3.8) is 0 Å². The van der Waals surface area contributed by atoms with Crippen LogP contribution < -0.4 is 10.3 Å². The molecule has 0 aromatic heterocycles. The monoisotopic (exact) mass is 459 g/mol. The van der Waals surface area contributed by atoms with Crippen LogP contribution >= 0.6 is 0 Å². The van der Waals surface area contributed by atoms with Gasteiger partial charge >= 0.3 is 6.18 Å². The van der Waals surface area contributed by atoms with Crippen molar-refractivity contribution in [3.8, 4) is 0 Å². The van der Waals surface area contributed by atoms with Gasteiger partial charge in [0.2, 0.25) is 5.91 Å². The summed E-state index contributed by atoms with van der Waals surface area (Å²) in [6, 6.07) is 9.10. The number of carbonyl (C=O) groups excluding carboxylic acids is 1. The highest BCUT2D eigenvalue weighted by atomic mass is 19.4. The number of anilines is 1. The van der Waals surface area contributed by atoms with E-state index in [1.165, 1.54) is 23.4 Å². The van der Waals surface area contributed by atoms with Crippen LogP contribution in [0.5, 0.6) is 0 Å². The van der Waals surface area contributed by atoms with Gasteiger partial charge in [-0.1, -0.05) is 32.0 Å². The zero-order chi connectivity index (χ0) is 24.4. The number of benzene rings is 2. The topological polar surface area (TPSA) is 44.7 Å². The van der Waals surface area contributed by atoms with Crippen molar-refractivity contribution in [1.82, 2.24) is 5.43 Å². The molecule has 1 unspecified atom stereocenters. The summed E-state index contributed by atoms with van der Waals surface area (Å²) in [5, 5.41) is 4.07. The van der Waals surface area contributed by atoms with Crippen LogP contribution in [0.15, 0.2) is 41.5 Å². The van der Waals surface area contributed by atoms with Crippen molar-refractivity contribution in [2.75, 3.05) is 11.4 Å². The Morgan fingerprint density at radius 3 is 2.67 bits per heavy atom. The molecule has 4 nitrogen and oxygen atoms in total. The normalized spacial score (nSPS) is 17.8. The lowest BCUT2D eigenvalue weighted by Crippen LogP contribution is -2.48. The predicted octanol–water partition coefficient (Wildman–Crippen LogP) is 6.21. The lowest BCUT2D eigenvalue weighted by Gasteiger charge is -2.48. The number of halogens is 3. The molecule has 33 heavy (non-hydrogen) atoms. The molecule has 0 radical (unpaired) electrons. The summed E-state index contributed by atoms with van der Waals surface area (Å²) in [7, 11) is 0. The number of hydrogen-bond acceptors (Lipinski definition) is 3. The van der Waals surface area contributed by atoms with Gasteiger partial charge in [-0.15, -0.1) is 0 Å². The molecule has 1 heterocycles.